The van der Waals surface area contributed by atoms with Crippen LogP contribution in [0.15, 0.2) is 18.5 Å². The molecule has 0 N–H and O–H groups in total. The van der Waals surface area contributed by atoms with Crippen LogP contribution in [0.5, 0.6) is 5.75 Å². The summed E-state index contributed by atoms with van der Waals surface area (Å²) in [7, 11) is 5.34. The molecule has 0 unspecified atom stereocenters. The molecule has 0 bridgehead atoms. The van der Waals surface area contributed by atoms with E-state index in [1.807, 2.05) is 14.1 Å². The molecule has 1 aromatic rings. The van der Waals surface area contributed by atoms with Gasteiger partial charge in [-0.2, -0.15) is 0 Å². The van der Waals surface area contributed by atoms with Crippen molar-refractivity contribution in [2.75, 3.05) is 32.6 Å². The van der Waals surface area contributed by atoms with E-state index in [1.165, 1.54) is 11.8 Å². The van der Waals surface area contributed by atoms with E-state index in [2.05, 4.69) is 4.98 Å². The molecule has 0 saturated carbocycles. The summed E-state index contributed by atoms with van der Waals surface area (Å²) in [6, 6.07) is 1.74. The maximum absolute atomic E-state index is 11.7. The molecule has 0 spiro atoms. The highest BCUT2D eigenvalue weighted by Gasteiger charge is 2.24. The number of ether oxygens (including phenoxy) is 1. The summed E-state index contributed by atoms with van der Waals surface area (Å²) >= 11 is 0. The molecule has 1 aromatic heterocycles. The third-order valence-electron chi connectivity index (χ3n) is 2.95. The SMILES string of the molecule is CC(=O)C(=CN(C)C)c1cnc2c(c1)OCC(=O)N2C. The molecule has 0 atom stereocenters. The minimum absolute atomic E-state index is 0.0125. The molecule has 0 aliphatic carbocycles. The van der Waals surface area contributed by atoms with Crippen LogP contribution in [0, 0.1) is 0 Å². The summed E-state index contributed by atoms with van der Waals surface area (Å²) < 4.78 is 5.38. The molecule has 20 heavy (non-hydrogen) atoms. The van der Waals surface area contributed by atoms with Gasteiger partial charge < -0.3 is 9.64 Å². The predicted octanol–water partition coefficient (Wildman–Crippen LogP) is 0.928. The van der Waals surface area contributed by atoms with Crippen molar-refractivity contribution >= 4 is 23.1 Å². The number of hydrogen-bond acceptors (Lipinski definition) is 5. The quantitative estimate of drug-likeness (QED) is 0.768. The molecule has 6 nitrogen and oxygen atoms in total. The Bertz CT molecular complexity index is 593. The van der Waals surface area contributed by atoms with E-state index >= 15 is 0 Å². The van der Waals surface area contributed by atoms with Gasteiger partial charge in [0.05, 0.1) is 0 Å². The highest BCUT2D eigenvalue weighted by Crippen LogP contribution is 2.31. The number of carbonyl (C=O) groups excluding carboxylic acids is 2. The Labute approximate surface area is 117 Å². The van der Waals surface area contributed by atoms with Gasteiger partial charge in [0.2, 0.25) is 0 Å². The van der Waals surface area contributed by atoms with Crippen molar-refractivity contribution in [2.24, 2.45) is 0 Å². The smallest absolute Gasteiger partial charge is 0.265 e. The van der Waals surface area contributed by atoms with Crippen molar-refractivity contribution in [2.45, 2.75) is 6.92 Å². The Hall–Kier alpha value is -2.37. The Morgan fingerprint density at radius 2 is 2.20 bits per heavy atom. The number of allylic oxidation sites excluding steroid dienone is 1. The Morgan fingerprint density at radius 3 is 2.80 bits per heavy atom. The van der Waals surface area contributed by atoms with E-state index in [4.69, 9.17) is 4.74 Å². The number of Topliss-reactive ketones (excluding diaryl/α,β-unsaturated/α-hetero) is 1. The van der Waals surface area contributed by atoms with Gasteiger partial charge in [-0.25, -0.2) is 4.98 Å². The van der Waals surface area contributed by atoms with Gasteiger partial charge in [-0.1, -0.05) is 0 Å². The molecular weight excluding hydrogens is 258 g/mol. The fraction of sp³-hybridized carbons (Fsp3) is 0.357. The first kappa shape index (κ1) is 14.0. The predicted molar refractivity (Wildman–Crippen MR) is 75.5 cm³/mol. The average Bonchev–Trinajstić information content (AvgIpc) is 2.39. The molecule has 6 heteroatoms. The number of hydrogen-bond donors (Lipinski definition) is 0. The number of carbonyl (C=O) groups is 2. The Kier molecular flexibility index (Phi) is 3.74. The maximum Gasteiger partial charge on any atom is 0.265 e. The topological polar surface area (TPSA) is 62.7 Å². The number of aromatic nitrogens is 1. The number of pyridine rings is 1. The van der Waals surface area contributed by atoms with Gasteiger partial charge in [0.15, 0.2) is 24.0 Å². The number of rotatable bonds is 3. The fourth-order valence-corrected chi connectivity index (χ4v) is 1.92. The van der Waals surface area contributed by atoms with Gasteiger partial charge >= 0.3 is 0 Å². The first-order chi connectivity index (χ1) is 9.40. The summed E-state index contributed by atoms with van der Waals surface area (Å²) in [4.78, 5) is 30.7. The van der Waals surface area contributed by atoms with Crippen LogP contribution >= 0.6 is 0 Å². The summed E-state index contributed by atoms with van der Waals surface area (Å²) in [6.45, 7) is 1.49. The van der Waals surface area contributed by atoms with Gasteiger partial charge in [-0.3, -0.25) is 14.5 Å². The number of likely N-dealkylation sites (N-methyl/N-ethyl adjacent to an activating group) is 1. The molecule has 1 aliphatic heterocycles. The van der Waals surface area contributed by atoms with Gasteiger partial charge in [0.25, 0.3) is 5.91 Å². The van der Waals surface area contributed by atoms with E-state index in [1.54, 1.807) is 30.4 Å². The third kappa shape index (κ3) is 2.64. The molecule has 1 aliphatic rings. The normalized spacial score (nSPS) is 14.7. The molecule has 2 rings (SSSR count). The highest BCUT2D eigenvalue weighted by molar-refractivity contribution is 6.19. The lowest BCUT2D eigenvalue weighted by molar-refractivity contribution is -0.121. The van der Waals surface area contributed by atoms with Crippen LogP contribution in [0.4, 0.5) is 5.82 Å². The second-order valence-electron chi connectivity index (χ2n) is 4.85. The van der Waals surface area contributed by atoms with Crippen LogP contribution in [0.2, 0.25) is 0 Å². The van der Waals surface area contributed by atoms with Gasteiger partial charge in [0, 0.05) is 44.7 Å². The number of fused-ring (bicyclic) bond motifs is 1. The molecule has 2 heterocycles. The zero-order valence-corrected chi connectivity index (χ0v) is 12.0. The van der Waals surface area contributed by atoms with Crippen molar-refractivity contribution in [3.05, 3.63) is 24.0 Å². The van der Waals surface area contributed by atoms with Crippen LogP contribution in [0.3, 0.4) is 0 Å². The van der Waals surface area contributed by atoms with Crippen molar-refractivity contribution in [1.82, 2.24) is 9.88 Å². The molecular formula is C14H17N3O3. The van der Waals surface area contributed by atoms with Crippen molar-refractivity contribution < 1.29 is 14.3 Å². The second kappa shape index (κ2) is 5.32. The summed E-state index contributed by atoms with van der Waals surface area (Å²) in [6.07, 6.45) is 3.32. The van der Waals surface area contributed by atoms with E-state index in [9.17, 15) is 9.59 Å². The third-order valence-corrected chi connectivity index (χ3v) is 2.95. The number of ketones is 1. The van der Waals surface area contributed by atoms with Gasteiger partial charge in [-0.15, -0.1) is 0 Å². The zero-order valence-electron chi connectivity index (χ0n) is 12.0. The summed E-state index contributed by atoms with van der Waals surface area (Å²) in [5.41, 5.74) is 1.22. The number of anilines is 1. The van der Waals surface area contributed by atoms with Crippen molar-refractivity contribution in [3.63, 3.8) is 0 Å². The minimum atomic E-state index is -0.145. The minimum Gasteiger partial charge on any atom is -0.480 e. The van der Waals surface area contributed by atoms with Gasteiger partial charge in [0.1, 0.15) is 0 Å². The monoisotopic (exact) mass is 275 g/mol. The van der Waals surface area contributed by atoms with Crippen molar-refractivity contribution in [1.29, 1.82) is 0 Å². The van der Waals surface area contributed by atoms with E-state index < -0.39 is 0 Å². The van der Waals surface area contributed by atoms with Crippen LogP contribution in [-0.4, -0.2) is 49.3 Å². The van der Waals surface area contributed by atoms with Crippen LogP contribution in [0.1, 0.15) is 12.5 Å². The number of nitrogens with zero attached hydrogens (tertiary/aromatic N) is 3. The van der Waals surface area contributed by atoms with E-state index in [0.717, 1.165) is 0 Å². The average molecular weight is 275 g/mol. The first-order valence-electron chi connectivity index (χ1n) is 6.19. The summed E-state index contributed by atoms with van der Waals surface area (Å²) in [5, 5.41) is 0. The molecule has 106 valence electrons. The molecule has 0 saturated heterocycles. The van der Waals surface area contributed by atoms with Crippen molar-refractivity contribution in [3.8, 4) is 5.75 Å². The molecule has 1 amide bonds. The lowest BCUT2D eigenvalue weighted by Gasteiger charge is -2.25. The van der Waals surface area contributed by atoms with E-state index in [0.29, 0.717) is 22.7 Å². The second-order valence-corrected chi connectivity index (χ2v) is 4.85. The molecule has 0 aromatic carbocycles. The summed E-state index contributed by atoms with van der Waals surface area (Å²) in [5.74, 6) is 0.780. The van der Waals surface area contributed by atoms with Gasteiger partial charge in [-0.05, 0) is 13.0 Å². The molecule has 0 radical (unpaired) electrons. The lowest BCUT2D eigenvalue weighted by atomic mass is 10.1. The standard InChI is InChI=1S/C14H17N3O3/c1-9(18)11(7-16(2)3)10-5-12-14(15-6-10)17(4)13(19)8-20-12/h5-7H,8H2,1-4H3. The Morgan fingerprint density at radius 1 is 1.50 bits per heavy atom. The van der Waals surface area contributed by atoms with E-state index in [-0.39, 0.29) is 18.3 Å². The maximum atomic E-state index is 11.7. The van der Waals surface area contributed by atoms with Crippen LogP contribution < -0.4 is 9.64 Å². The lowest BCUT2D eigenvalue weighted by Crippen LogP contribution is -2.36. The zero-order chi connectivity index (χ0) is 14.9. The van der Waals surface area contributed by atoms with Crippen LogP contribution in [-0.2, 0) is 9.59 Å². The first-order valence-corrected chi connectivity index (χ1v) is 6.19. The highest BCUT2D eigenvalue weighted by atomic mass is 16.5. The fourth-order valence-electron chi connectivity index (χ4n) is 1.92. The Balaban J connectivity index is 2.45. The largest absolute Gasteiger partial charge is 0.480 e. The molecule has 0 fully saturated rings. The number of amides is 1. The van der Waals surface area contributed by atoms with Crippen LogP contribution in [0.25, 0.3) is 5.57 Å².